The van der Waals surface area contributed by atoms with Crippen LogP contribution in [0.2, 0.25) is 0 Å². The quantitative estimate of drug-likeness (QED) is 0.0462. The lowest BCUT2D eigenvalue weighted by molar-refractivity contribution is -0.335. The third-order valence-corrected chi connectivity index (χ3v) is 11.7. The highest BCUT2D eigenvalue weighted by atomic mass is 16.7. The number of carbonyl (C=O) groups is 4. The minimum absolute atomic E-state index is 0.0805. The Kier molecular flexibility index (Phi) is 18.0. The van der Waals surface area contributed by atoms with Gasteiger partial charge in [-0.2, -0.15) is 0 Å². The molecule has 2 heterocycles. The first kappa shape index (κ1) is 50.9. The summed E-state index contributed by atoms with van der Waals surface area (Å²) in [6, 6.07) is 50.9. The first-order chi connectivity index (χ1) is 35.2. The van der Waals surface area contributed by atoms with E-state index in [0.29, 0.717) is 0 Å². The second-order valence-electron chi connectivity index (χ2n) is 16.6. The molecule has 72 heavy (non-hydrogen) atoms. The van der Waals surface area contributed by atoms with Crippen LogP contribution in [0, 0.1) is 12.3 Å². The van der Waals surface area contributed by atoms with E-state index in [1.54, 1.807) is 84.9 Å². The summed E-state index contributed by atoms with van der Waals surface area (Å²) >= 11 is 0. The lowest BCUT2D eigenvalue weighted by atomic mass is 9.97. The van der Waals surface area contributed by atoms with Gasteiger partial charge in [-0.1, -0.05) is 139 Å². The largest absolute Gasteiger partial charge is 0.459 e. The van der Waals surface area contributed by atoms with Gasteiger partial charge in [-0.3, -0.25) is 0 Å². The van der Waals surface area contributed by atoms with E-state index in [0.717, 1.165) is 11.1 Å². The third kappa shape index (κ3) is 13.5. The molecular weight excluding hydrogens is 925 g/mol. The molecule has 8 rings (SSSR count). The van der Waals surface area contributed by atoms with Crippen molar-refractivity contribution in [1.29, 1.82) is 0 Å². The number of esters is 4. The number of terminal acetylenes is 1. The number of hydrogen-bond acceptors (Lipinski definition) is 15. The molecule has 0 aliphatic carbocycles. The Morgan fingerprint density at radius 1 is 0.431 bits per heavy atom. The van der Waals surface area contributed by atoms with Gasteiger partial charge in [0, 0.05) is 0 Å². The Bertz CT molecular complexity index is 2690. The molecule has 0 spiro atoms. The highest BCUT2D eigenvalue weighted by Crippen LogP contribution is 2.34. The summed E-state index contributed by atoms with van der Waals surface area (Å²) in [6.07, 6.45) is -8.41. The van der Waals surface area contributed by atoms with Crippen LogP contribution in [-0.4, -0.2) is 110 Å². The van der Waals surface area contributed by atoms with Gasteiger partial charge in [0.2, 0.25) is 0 Å². The summed E-state index contributed by atoms with van der Waals surface area (Å²) in [5.41, 5.74) is 2.20. The van der Waals surface area contributed by atoms with Crippen LogP contribution in [0.5, 0.6) is 0 Å². The van der Waals surface area contributed by atoms with E-state index < -0.39 is 98.5 Å². The zero-order valence-electron chi connectivity index (χ0n) is 38.9. The zero-order valence-corrected chi connectivity index (χ0v) is 38.9. The van der Waals surface area contributed by atoms with Gasteiger partial charge in [0.15, 0.2) is 30.9 Å². The fourth-order valence-electron chi connectivity index (χ4n) is 8.13. The fraction of sp³-hybridized carbons (Fsp3) is 0.263. The lowest BCUT2D eigenvalue weighted by Crippen LogP contribution is -2.64. The average molecular weight is 977 g/mol. The van der Waals surface area contributed by atoms with Crippen LogP contribution in [0.1, 0.15) is 52.6 Å². The molecule has 15 nitrogen and oxygen atoms in total. The van der Waals surface area contributed by atoms with Gasteiger partial charge >= 0.3 is 23.9 Å². The van der Waals surface area contributed by atoms with Crippen molar-refractivity contribution in [3.63, 3.8) is 0 Å². The number of ether oxygens (including phenoxy) is 10. The minimum atomic E-state index is -1.70. The van der Waals surface area contributed by atoms with E-state index >= 15 is 0 Å². The number of aliphatic hydroxyl groups is 1. The smallest absolute Gasteiger partial charge is 0.338 e. The van der Waals surface area contributed by atoms with Crippen LogP contribution in [-0.2, 0) is 60.6 Å². The molecule has 0 aromatic heterocycles. The third-order valence-electron chi connectivity index (χ3n) is 11.7. The van der Waals surface area contributed by atoms with Crippen molar-refractivity contribution in [3.8, 4) is 12.3 Å². The molecule has 0 bridgehead atoms. The maximum absolute atomic E-state index is 14.2. The van der Waals surface area contributed by atoms with Crippen molar-refractivity contribution < 1.29 is 71.7 Å². The Labute approximate surface area is 416 Å². The minimum Gasteiger partial charge on any atom is -0.459 e. The molecule has 1 N–H and O–H groups in total. The van der Waals surface area contributed by atoms with E-state index in [1.807, 2.05) is 60.7 Å². The van der Waals surface area contributed by atoms with E-state index in [-0.39, 0.29) is 42.1 Å². The van der Waals surface area contributed by atoms with Crippen LogP contribution < -0.4 is 0 Å². The van der Waals surface area contributed by atoms with Crippen molar-refractivity contribution >= 4 is 23.9 Å². The van der Waals surface area contributed by atoms with Gasteiger partial charge in [0.05, 0.1) is 42.1 Å². The van der Waals surface area contributed by atoms with Crippen LogP contribution >= 0.6 is 0 Å². The van der Waals surface area contributed by atoms with E-state index in [2.05, 4.69) is 5.92 Å². The summed E-state index contributed by atoms with van der Waals surface area (Å²) in [5, 5.41) is 11.7. The van der Waals surface area contributed by atoms with Crippen LogP contribution in [0.25, 0.3) is 0 Å². The van der Waals surface area contributed by atoms with Crippen LogP contribution in [0.15, 0.2) is 182 Å². The number of carbonyl (C=O) groups excluding carboxylic acids is 4. The van der Waals surface area contributed by atoms with Crippen LogP contribution in [0.4, 0.5) is 0 Å². The highest BCUT2D eigenvalue weighted by molar-refractivity contribution is 5.91. The van der Waals surface area contributed by atoms with Crippen LogP contribution in [0.3, 0.4) is 0 Å². The van der Waals surface area contributed by atoms with E-state index in [9.17, 15) is 24.3 Å². The predicted octanol–water partition coefficient (Wildman–Crippen LogP) is 7.17. The molecule has 6 aromatic rings. The Morgan fingerprint density at radius 3 is 1.31 bits per heavy atom. The molecule has 2 saturated heterocycles. The van der Waals surface area contributed by atoms with Gasteiger partial charge in [-0.25, -0.2) is 19.2 Å². The molecule has 0 amide bonds. The number of hydrogen-bond donors (Lipinski definition) is 1. The van der Waals surface area contributed by atoms with Crippen molar-refractivity contribution in [2.24, 2.45) is 0 Å². The summed E-state index contributed by atoms with van der Waals surface area (Å²) in [5.74, 6) is -0.891. The molecule has 370 valence electrons. The molecule has 15 heteroatoms. The van der Waals surface area contributed by atoms with Crippen molar-refractivity contribution in [1.82, 2.24) is 0 Å². The molecule has 0 saturated carbocycles. The number of rotatable bonds is 20. The van der Waals surface area contributed by atoms with Gasteiger partial charge in [0.1, 0.15) is 43.7 Å². The summed E-state index contributed by atoms with van der Waals surface area (Å²) in [6.45, 7) is -1.11. The van der Waals surface area contributed by atoms with Gasteiger partial charge in [-0.05, 0) is 59.7 Å². The van der Waals surface area contributed by atoms with Crippen molar-refractivity contribution in [3.05, 3.63) is 215 Å². The SMILES string of the molecule is C#CCO[C@H]1[C@H](OCc2ccccc2)[C@@H](OCc2ccccc2)[C@@H](O)O[C@@H]1CO[C@@H]1O[C@H](COC(=O)c2ccccc2)[C@@H](OC(=O)c2ccccc2)[C@H](OC(=O)c2ccccc2)[C@H]1OC(=O)c1ccccc1. The maximum Gasteiger partial charge on any atom is 0.338 e. The topological polar surface area (TPSA) is 181 Å². The molecular formula is C57H52O15. The van der Waals surface area contributed by atoms with Crippen molar-refractivity contribution in [2.75, 3.05) is 19.8 Å². The second kappa shape index (κ2) is 25.6. The molecule has 2 aliphatic rings. The first-order valence-corrected chi connectivity index (χ1v) is 23.2. The highest BCUT2D eigenvalue weighted by Gasteiger charge is 2.55. The lowest BCUT2D eigenvalue weighted by Gasteiger charge is -2.46. The fourth-order valence-corrected chi connectivity index (χ4v) is 8.13. The number of aliphatic hydroxyl groups excluding tert-OH is 1. The first-order valence-electron chi connectivity index (χ1n) is 23.2. The Morgan fingerprint density at radius 2 is 0.833 bits per heavy atom. The standard InChI is InChI=1S/C57H52O15/c1-2-33-63-46-44(68-56(62)50(65-35-39-23-11-4-12-24-39)48(46)64-34-38-21-9-3-10-22-38)37-67-57-51(72-55(61)43-31-19-8-20-32-43)49(71-54(60)42-29-17-7-18-30-42)47(70-53(59)41-27-15-6-16-28-41)45(69-57)36-66-52(58)40-25-13-5-14-26-40/h1,3-32,44-51,56-57,62H,33-37H2/t44-,45-,46-,47-,48+,49+,50-,51-,56+,57-/m1/s1. The second-order valence-corrected chi connectivity index (χ2v) is 16.6. The van der Waals surface area contributed by atoms with Gasteiger partial charge in [0.25, 0.3) is 0 Å². The molecule has 0 unspecified atom stereocenters. The molecule has 10 atom stereocenters. The summed E-state index contributed by atoms with van der Waals surface area (Å²) in [4.78, 5) is 55.8. The molecule has 2 fully saturated rings. The van der Waals surface area contributed by atoms with E-state index in [4.69, 9.17) is 53.8 Å². The van der Waals surface area contributed by atoms with Gasteiger partial charge < -0.3 is 52.5 Å². The Balaban J connectivity index is 1.16. The monoisotopic (exact) mass is 976 g/mol. The number of benzene rings is 6. The van der Waals surface area contributed by atoms with Crippen molar-refractivity contribution in [2.45, 2.75) is 74.6 Å². The average Bonchev–Trinajstić information content (AvgIpc) is 3.43. The van der Waals surface area contributed by atoms with E-state index in [1.165, 1.54) is 36.4 Å². The Hall–Kier alpha value is -7.52. The normalized spacial score (nSPS) is 23.7. The molecule has 0 radical (unpaired) electrons. The summed E-state index contributed by atoms with van der Waals surface area (Å²) in [7, 11) is 0. The zero-order chi connectivity index (χ0) is 50.1. The summed E-state index contributed by atoms with van der Waals surface area (Å²) < 4.78 is 62.8. The maximum atomic E-state index is 14.2. The predicted molar refractivity (Wildman–Crippen MR) is 258 cm³/mol. The molecule has 2 aliphatic heterocycles. The van der Waals surface area contributed by atoms with Gasteiger partial charge in [-0.15, -0.1) is 6.42 Å². The molecule has 6 aromatic carbocycles.